The highest BCUT2D eigenvalue weighted by molar-refractivity contribution is 7.80. The van der Waals surface area contributed by atoms with Crippen molar-refractivity contribution in [1.82, 2.24) is 4.90 Å². The van der Waals surface area contributed by atoms with E-state index in [-0.39, 0.29) is 17.1 Å². The van der Waals surface area contributed by atoms with Gasteiger partial charge in [0.2, 0.25) is 0 Å². The molecule has 102 valence electrons. The van der Waals surface area contributed by atoms with Gasteiger partial charge >= 0.3 is 6.03 Å². The van der Waals surface area contributed by atoms with Crippen LogP contribution in [0, 0.1) is 6.92 Å². The van der Waals surface area contributed by atoms with Crippen molar-refractivity contribution in [2.45, 2.75) is 13.0 Å². The number of hydrogen-bond donors (Lipinski definition) is 2. The Morgan fingerprint density at radius 1 is 1.58 bits per heavy atom. The Balaban J connectivity index is 1.98. The first-order valence-corrected chi connectivity index (χ1v) is 6.50. The number of ether oxygens (including phenoxy) is 1. The van der Waals surface area contributed by atoms with Crippen LogP contribution in [0.4, 0.5) is 10.5 Å². The van der Waals surface area contributed by atoms with Gasteiger partial charge in [0.05, 0.1) is 13.2 Å². The maximum Gasteiger partial charge on any atom is 0.322 e. The fraction of sp³-hybridized carbons (Fsp3) is 0.385. The minimum absolute atomic E-state index is 0.157. The summed E-state index contributed by atoms with van der Waals surface area (Å²) in [7, 11) is 0. The van der Waals surface area contributed by atoms with Crippen molar-refractivity contribution in [2.75, 3.05) is 25.0 Å². The molecular formula is C13H17N3O2S. The standard InChI is InChI=1S/C13H17N3O2S/c1-9-3-2-4-10(7-9)15-13(17)16-5-6-18-11(8-16)12(14)19/h2-4,7,11H,5-6,8H2,1H3,(H2,14,19)(H,15,17). The first kappa shape index (κ1) is 13.8. The molecule has 1 aromatic carbocycles. The zero-order chi connectivity index (χ0) is 13.8. The number of carbonyl (C=O) groups excluding carboxylic acids is 1. The fourth-order valence-corrected chi connectivity index (χ4v) is 2.07. The number of thiocarbonyl (C=S) groups is 1. The molecule has 1 heterocycles. The molecule has 0 spiro atoms. The van der Waals surface area contributed by atoms with E-state index in [2.05, 4.69) is 5.32 Å². The van der Waals surface area contributed by atoms with Gasteiger partial charge < -0.3 is 20.7 Å². The summed E-state index contributed by atoms with van der Waals surface area (Å²) in [6, 6.07) is 7.50. The van der Waals surface area contributed by atoms with Gasteiger partial charge in [-0.1, -0.05) is 24.4 Å². The second kappa shape index (κ2) is 5.99. The monoisotopic (exact) mass is 279 g/mol. The van der Waals surface area contributed by atoms with Crippen LogP contribution in [-0.2, 0) is 4.74 Å². The largest absolute Gasteiger partial charge is 0.391 e. The number of nitrogens with zero attached hydrogens (tertiary/aromatic N) is 1. The van der Waals surface area contributed by atoms with Gasteiger partial charge in [-0.15, -0.1) is 0 Å². The van der Waals surface area contributed by atoms with E-state index >= 15 is 0 Å². The third-order valence-corrected chi connectivity index (χ3v) is 3.20. The Labute approximate surface area is 117 Å². The van der Waals surface area contributed by atoms with Gasteiger partial charge in [0, 0.05) is 12.2 Å². The zero-order valence-electron chi connectivity index (χ0n) is 10.8. The molecule has 1 aliphatic heterocycles. The molecule has 2 amide bonds. The number of amides is 2. The zero-order valence-corrected chi connectivity index (χ0v) is 11.6. The number of morpholine rings is 1. The second-order valence-corrected chi connectivity index (χ2v) is 4.98. The van der Waals surface area contributed by atoms with Gasteiger partial charge in [0.1, 0.15) is 11.1 Å². The Hall–Kier alpha value is -1.66. The van der Waals surface area contributed by atoms with E-state index in [1.807, 2.05) is 31.2 Å². The summed E-state index contributed by atoms with van der Waals surface area (Å²) in [5, 5.41) is 2.86. The molecule has 1 aromatic rings. The molecule has 2 rings (SSSR count). The number of nitrogens with two attached hydrogens (primary N) is 1. The van der Waals surface area contributed by atoms with Crippen molar-refractivity contribution in [2.24, 2.45) is 5.73 Å². The highest BCUT2D eigenvalue weighted by Gasteiger charge is 2.25. The van der Waals surface area contributed by atoms with Crippen LogP contribution in [-0.4, -0.2) is 41.7 Å². The molecule has 19 heavy (non-hydrogen) atoms. The molecular weight excluding hydrogens is 262 g/mol. The molecule has 1 unspecified atom stereocenters. The molecule has 3 N–H and O–H groups in total. The summed E-state index contributed by atoms with van der Waals surface area (Å²) in [4.78, 5) is 14.1. The Bertz CT molecular complexity index is 493. The number of anilines is 1. The molecule has 0 aromatic heterocycles. The lowest BCUT2D eigenvalue weighted by Gasteiger charge is -2.32. The Morgan fingerprint density at radius 3 is 3.05 bits per heavy atom. The minimum atomic E-state index is -0.355. The fourth-order valence-electron chi connectivity index (χ4n) is 1.93. The minimum Gasteiger partial charge on any atom is -0.391 e. The SMILES string of the molecule is Cc1cccc(NC(=O)N2CCOC(C(N)=S)C2)c1. The number of nitrogens with one attached hydrogen (secondary N) is 1. The van der Waals surface area contributed by atoms with Gasteiger partial charge in [0.15, 0.2) is 0 Å². The van der Waals surface area contributed by atoms with Crippen molar-refractivity contribution >= 4 is 28.9 Å². The molecule has 0 radical (unpaired) electrons. The Morgan fingerprint density at radius 2 is 2.37 bits per heavy atom. The summed E-state index contributed by atoms with van der Waals surface area (Å²) >= 11 is 4.90. The van der Waals surface area contributed by atoms with Crippen LogP contribution in [0.2, 0.25) is 0 Å². The lowest BCUT2D eigenvalue weighted by atomic mass is 10.2. The lowest BCUT2D eigenvalue weighted by molar-refractivity contribution is 0.0251. The topological polar surface area (TPSA) is 67.6 Å². The quantitative estimate of drug-likeness (QED) is 0.805. The Kier molecular flexibility index (Phi) is 4.34. The van der Waals surface area contributed by atoms with Crippen LogP contribution < -0.4 is 11.1 Å². The second-order valence-electron chi connectivity index (χ2n) is 4.51. The van der Waals surface area contributed by atoms with E-state index in [1.165, 1.54) is 0 Å². The number of aryl methyl sites for hydroxylation is 1. The number of benzene rings is 1. The van der Waals surface area contributed by atoms with Crippen molar-refractivity contribution < 1.29 is 9.53 Å². The van der Waals surface area contributed by atoms with Gasteiger partial charge in [0.25, 0.3) is 0 Å². The predicted molar refractivity (Wildman–Crippen MR) is 78.3 cm³/mol. The highest BCUT2D eigenvalue weighted by atomic mass is 32.1. The van der Waals surface area contributed by atoms with Crippen molar-refractivity contribution in [3.63, 3.8) is 0 Å². The van der Waals surface area contributed by atoms with Crippen LogP contribution in [0.5, 0.6) is 0 Å². The molecule has 0 bridgehead atoms. The van der Waals surface area contributed by atoms with Crippen molar-refractivity contribution in [3.8, 4) is 0 Å². The average molecular weight is 279 g/mol. The predicted octanol–water partition coefficient (Wildman–Crippen LogP) is 1.51. The van der Waals surface area contributed by atoms with Crippen molar-refractivity contribution in [1.29, 1.82) is 0 Å². The highest BCUT2D eigenvalue weighted by Crippen LogP contribution is 2.12. The summed E-state index contributed by atoms with van der Waals surface area (Å²) in [5.74, 6) is 0. The molecule has 1 saturated heterocycles. The molecule has 5 nitrogen and oxygen atoms in total. The van der Waals surface area contributed by atoms with Crippen LogP contribution >= 0.6 is 12.2 Å². The summed E-state index contributed by atoms with van der Waals surface area (Å²) in [5.41, 5.74) is 7.43. The average Bonchev–Trinajstić information content (AvgIpc) is 2.39. The van der Waals surface area contributed by atoms with E-state index in [0.29, 0.717) is 19.7 Å². The number of urea groups is 1. The van der Waals surface area contributed by atoms with Gasteiger partial charge in [-0.05, 0) is 24.6 Å². The summed E-state index contributed by atoms with van der Waals surface area (Å²) in [6.45, 7) is 3.36. The van der Waals surface area contributed by atoms with Gasteiger partial charge in [-0.25, -0.2) is 4.79 Å². The van der Waals surface area contributed by atoms with Crippen LogP contribution in [0.1, 0.15) is 5.56 Å². The number of hydrogen-bond acceptors (Lipinski definition) is 3. The van der Waals surface area contributed by atoms with E-state index < -0.39 is 0 Å². The number of rotatable bonds is 2. The molecule has 1 atom stereocenters. The molecule has 6 heteroatoms. The summed E-state index contributed by atoms with van der Waals surface area (Å²) in [6.07, 6.45) is -0.355. The lowest BCUT2D eigenvalue weighted by Crippen LogP contribution is -2.51. The normalized spacial score (nSPS) is 19.0. The van der Waals surface area contributed by atoms with Gasteiger partial charge in [-0.2, -0.15) is 0 Å². The number of carbonyl (C=O) groups is 1. The van der Waals surface area contributed by atoms with E-state index in [0.717, 1.165) is 11.3 Å². The van der Waals surface area contributed by atoms with Crippen molar-refractivity contribution in [3.05, 3.63) is 29.8 Å². The smallest absolute Gasteiger partial charge is 0.322 e. The third-order valence-electron chi connectivity index (χ3n) is 2.94. The first-order chi connectivity index (χ1) is 9.06. The van der Waals surface area contributed by atoms with E-state index in [1.54, 1.807) is 4.90 Å². The van der Waals surface area contributed by atoms with Crippen LogP contribution in [0.3, 0.4) is 0 Å². The van der Waals surface area contributed by atoms with E-state index in [9.17, 15) is 4.79 Å². The molecule has 0 saturated carbocycles. The third kappa shape index (κ3) is 3.65. The van der Waals surface area contributed by atoms with Crippen LogP contribution in [0.15, 0.2) is 24.3 Å². The first-order valence-electron chi connectivity index (χ1n) is 6.10. The van der Waals surface area contributed by atoms with Crippen LogP contribution in [0.25, 0.3) is 0 Å². The molecule has 1 aliphatic rings. The maximum atomic E-state index is 12.1. The maximum absolute atomic E-state index is 12.1. The molecule has 0 aliphatic carbocycles. The summed E-state index contributed by atoms with van der Waals surface area (Å²) < 4.78 is 5.40. The van der Waals surface area contributed by atoms with Gasteiger partial charge in [-0.3, -0.25) is 0 Å². The van der Waals surface area contributed by atoms with E-state index in [4.69, 9.17) is 22.7 Å². The molecule has 1 fully saturated rings.